The van der Waals surface area contributed by atoms with E-state index < -0.39 is 18.6 Å². The number of halogens is 1. The second kappa shape index (κ2) is 6.87. The Morgan fingerprint density at radius 2 is 1.78 bits per heavy atom. The molecule has 4 nitrogen and oxygen atoms in total. The van der Waals surface area contributed by atoms with Crippen LogP contribution in [0.15, 0.2) is 0 Å². The zero-order valence-electron chi connectivity index (χ0n) is 4.93. The van der Waals surface area contributed by atoms with Crippen LogP contribution in [0.5, 0.6) is 0 Å². The first-order valence-electron chi connectivity index (χ1n) is 2.04. The summed E-state index contributed by atoms with van der Waals surface area (Å²) in [6, 6.07) is 0. The number of alkyl halides is 1. The van der Waals surface area contributed by atoms with E-state index in [1.165, 1.54) is 0 Å². The van der Waals surface area contributed by atoms with Crippen molar-refractivity contribution < 1.29 is 19.1 Å². The van der Waals surface area contributed by atoms with Gasteiger partial charge in [0, 0.05) is 6.92 Å². The fraction of sp³-hybridized carbons (Fsp3) is 0.500. The zero-order valence-corrected chi connectivity index (χ0v) is 4.93. The average Bonchev–Trinajstić information content (AvgIpc) is 1.65. The molecular formula is C4H8FNO3. The van der Waals surface area contributed by atoms with Crippen molar-refractivity contribution in [2.45, 2.75) is 6.92 Å². The van der Waals surface area contributed by atoms with E-state index in [4.69, 9.17) is 9.90 Å². The normalized spacial score (nSPS) is 6.89. The number of carboxylic acid groups (broad SMARTS) is 1. The van der Waals surface area contributed by atoms with E-state index in [0.717, 1.165) is 6.92 Å². The van der Waals surface area contributed by atoms with E-state index in [1.807, 2.05) is 0 Å². The molecule has 54 valence electrons. The molecule has 0 atom stereocenters. The highest BCUT2D eigenvalue weighted by atomic mass is 19.1. The molecule has 0 spiro atoms. The lowest BCUT2D eigenvalue weighted by Crippen LogP contribution is -2.11. The van der Waals surface area contributed by atoms with Crippen LogP contribution in [-0.4, -0.2) is 23.7 Å². The molecule has 0 bridgehead atoms. The lowest BCUT2D eigenvalue weighted by Gasteiger charge is -1.70. The Balaban J connectivity index is 0. The SMILES string of the molecule is CC(=O)O.NC(=O)CF. The molecule has 0 aromatic heterocycles. The van der Waals surface area contributed by atoms with Crippen LogP contribution in [0, 0.1) is 0 Å². The van der Waals surface area contributed by atoms with Gasteiger partial charge in [-0.1, -0.05) is 0 Å². The Morgan fingerprint density at radius 1 is 1.67 bits per heavy atom. The maximum absolute atomic E-state index is 10.6. The van der Waals surface area contributed by atoms with Crippen LogP contribution in [0.2, 0.25) is 0 Å². The highest BCUT2D eigenvalue weighted by Crippen LogP contribution is 1.55. The summed E-state index contributed by atoms with van der Waals surface area (Å²) < 4.78 is 10.6. The number of nitrogens with two attached hydrogens (primary N) is 1. The Morgan fingerprint density at radius 3 is 1.78 bits per heavy atom. The first-order valence-corrected chi connectivity index (χ1v) is 2.04. The van der Waals surface area contributed by atoms with E-state index in [9.17, 15) is 9.18 Å². The van der Waals surface area contributed by atoms with Crippen molar-refractivity contribution >= 4 is 11.9 Å². The molecule has 0 aromatic carbocycles. The topological polar surface area (TPSA) is 80.4 Å². The lowest BCUT2D eigenvalue weighted by atomic mass is 10.7. The Hall–Kier alpha value is -1.13. The van der Waals surface area contributed by atoms with Gasteiger partial charge in [-0.15, -0.1) is 0 Å². The van der Waals surface area contributed by atoms with E-state index in [0.29, 0.717) is 0 Å². The van der Waals surface area contributed by atoms with Crippen molar-refractivity contribution in [2.24, 2.45) is 5.73 Å². The van der Waals surface area contributed by atoms with Gasteiger partial charge in [-0.05, 0) is 0 Å². The molecule has 0 saturated heterocycles. The molecule has 0 rings (SSSR count). The molecule has 3 N–H and O–H groups in total. The van der Waals surface area contributed by atoms with Gasteiger partial charge in [-0.25, -0.2) is 4.39 Å². The van der Waals surface area contributed by atoms with Crippen LogP contribution in [-0.2, 0) is 9.59 Å². The van der Waals surface area contributed by atoms with E-state index >= 15 is 0 Å². The predicted octanol–water partition coefficient (Wildman–Crippen LogP) is -0.468. The van der Waals surface area contributed by atoms with Crippen molar-refractivity contribution in [1.29, 1.82) is 0 Å². The summed E-state index contributed by atoms with van der Waals surface area (Å²) in [5.74, 6) is -1.75. The van der Waals surface area contributed by atoms with Gasteiger partial charge in [0.1, 0.15) is 0 Å². The number of carboxylic acids is 1. The van der Waals surface area contributed by atoms with Crippen molar-refractivity contribution in [3.63, 3.8) is 0 Å². The second-order valence-electron chi connectivity index (χ2n) is 1.12. The molecule has 0 fully saturated rings. The lowest BCUT2D eigenvalue weighted by molar-refractivity contribution is -0.134. The minimum Gasteiger partial charge on any atom is -0.481 e. The van der Waals surface area contributed by atoms with Crippen LogP contribution < -0.4 is 5.73 Å². The molecule has 0 saturated carbocycles. The van der Waals surface area contributed by atoms with Gasteiger partial charge in [0.2, 0.25) is 5.91 Å². The third kappa shape index (κ3) is 215. The maximum Gasteiger partial charge on any atom is 0.300 e. The Labute approximate surface area is 51.5 Å². The minimum atomic E-state index is -1.06. The summed E-state index contributed by atoms with van der Waals surface area (Å²) in [4.78, 5) is 18.2. The molecule has 1 amide bonds. The molecule has 0 aliphatic rings. The third-order valence-electron chi connectivity index (χ3n) is 0.132. The summed E-state index contributed by atoms with van der Waals surface area (Å²) in [5.41, 5.74) is 4.28. The summed E-state index contributed by atoms with van der Waals surface area (Å²) in [5, 5.41) is 7.42. The fourth-order valence-electron chi connectivity index (χ4n) is 0. The van der Waals surface area contributed by atoms with E-state index in [2.05, 4.69) is 5.73 Å². The number of aliphatic carboxylic acids is 1. The van der Waals surface area contributed by atoms with Crippen LogP contribution >= 0.6 is 0 Å². The Kier molecular flexibility index (Phi) is 8.23. The smallest absolute Gasteiger partial charge is 0.300 e. The van der Waals surface area contributed by atoms with Crippen molar-refractivity contribution in [3.8, 4) is 0 Å². The largest absolute Gasteiger partial charge is 0.481 e. The molecule has 0 aromatic rings. The van der Waals surface area contributed by atoms with Gasteiger partial charge in [0.05, 0.1) is 0 Å². The van der Waals surface area contributed by atoms with Crippen molar-refractivity contribution in [2.75, 3.05) is 6.67 Å². The summed E-state index contributed by atoms with van der Waals surface area (Å²) >= 11 is 0. The number of rotatable bonds is 1. The highest BCUT2D eigenvalue weighted by molar-refractivity contribution is 5.74. The number of primary amides is 1. The van der Waals surface area contributed by atoms with Crippen molar-refractivity contribution in [1.82, 2.24) is 0 Å². The fourth-order valence-corrected chi connectivity index (χ4v) is 0. The molecule has 9 heavy (non-hydrogen) atoms. The maximum atomic E-state index is 10.6. The quantitative estimate of drug-likeness (QED) is 0.512. The van der Waals surface area contributed by atoms with Gasteiger partial charge in [0.25, 0.3) is 5.97 Å². The molecular weight excluding hydrogens is 129 g/mol. The van der Waals surface area contributed by atoms with Gasteiger partial charge in [0.15, 0.2) is 6.67 Å². The first kappa shape index (κ1) is 10.8. The van der Waals surface area contributed by atoms with Gasteiger partial charge >= 0.3 is 0 Å². The van der Waals surface area contributed by atoms with E-state index in [-0.39, 0.29) is 0 Å². The molecule has 0 heterocycles. The summed E-state index contributed by atoms with van der Waals surface area (Å²) in [7, 11) is 0. The van der Waals surface area contributed by atoms with E-state index in [1.54, 1.807) is 0 Å². The number of carbonyl (C=O) groups is 2. The second-order valence-corrected chi connectivity index (χ2v) is 1.12. The molecule has 0 aliphatic carbocycles. The highest BCUT2D eigenvalue weighted by Gasteiger charge is 1.81. The molecule has 5 heteroatoms. The zero-order chi connectivity index (χ0) is 7.86. The molecule has 0 radical (unpaired) electrons. The van der Waals surface area contributed by atoms with Crippen molar-refractivity contribution in [3.05, 3.63) is 0 Å². The molecule has 0 aliphatic heterocycles. The third-order valence-corrected chi connectivity index (χ3v) is 0.132. The number of hydrogen-bond donors (Lipinski definition) is 2. The van der Waals surface area contributed by atoms with Crippen LogP contribution in [0.25, 0.3) is 0 Å². The monoisotopic (exact) mass is 137 g/mol. The van der Waals surface area contributed by atoms with Gasteiger partial charge in [-0.2, -0.15) is 0 Å². The summed E-state index contributed by atoms with van der Waals surface area (Å²) in [6.07, 6.45) is 0. The first-order chi connectivity index (χ1) is 4.00. The predicted molar refractivity (Wildman–Crippen MR) is 28.5 cm³/mol. The molecule has 0 unspecified atom stereocenters. The van der Waals surface area contributed by atoms with Crippen LogP contribution in [0.1, 0.15) is 6.92 Å². The number of carbonyl (C=O) groups excluding carboxylic acids is 1. The summed E-state index contributed by atoms with van der Waals surface area (Å²) in [6.45, 7) is 0.0278. The average molecular weight is 137 g/mol. The minimum absolute atomic E-state index is 0.833. The standard InChI is InChI=1S/C2H4FNO.C2H4O2/c3-1-2(4)5;1-2(3)4/h1H2,(H2,4,5);1H3,(H,3,4). The number of hydrogen-bond acceptors (Lipinski definition) is 2. The van der Waals surface area contributed by atoms with Crippen LogP contribution in [0.3, 0.4) is 0 Å². The van der Waals surface area contributed by atoms with Crippen LogP contribution in [0.4, 0.5) is 4.39 Å². The number of amides is 1. The Bertz CT molecular complexity index is 100.0. The van der Waals surface area contributed by atoms with Gasteiger partial charge < -0.3 is 10.8 Å². The van der Waals surface area contributed by atoms with Gasteiger partial charge in [-0.3, -0.25) is 9.59 Å².